The molecule has 0 unspecified atom stereocenters. The summed E-state index contributed by atoms with van der Waals surface area (Å²) in [6.45, 7) is 5.82. The minimum atomic E-state index is -0.740. The number of primary amides is 1. The molecule has 0 aliphatic heterocycles. The molecule has 20 heavy (non-hydrogen) atoms. The predicted octanol–water partition coefficient (Wildman–Crippen LogP) is 1.97. The smallest absolute Gasteiger partial charge is 0.261 e. The van der Waals surface area contributed by atoms with Gasteiger partial charge in [-0.1, -0.05) is 19.9 Å². The van der Waals surface area contributed by atoms with Crippen LogP contribution in [0.4, 0.5) is 0 Å². The molecule has 0 spiro atoms. The first-order chi connectivity index (χ1) is 9.40. The number of H-pyrrole nitrogens is 1. The average Bonchev–Trinajstić information content (AvgIpc) is 2.37. The number of carbonyl (C=O) groups is 1. The second-order valence-electron chi connectivity index (χ2n) is 5.02. The molecule has 3 N–H and O–H groups in total. The van der Waals surface area contributed by atoms with Gasteiger partial charge in [-0.3, -0.25) is 14.6 Å². The van der Waals surface area contributed by atoms with Crippen LogP contribution in [0.25, 0.3) is 11.3 Å². The number of nitrogens with two attached hydrogens (primary N) is 1. The van der Waals surface area contributed by atoms with Crippen molar-refractivity contribution in [1.82, 2.24) is 9.97 Å². The summed E-state index contributed by atoms with van der Waals surface area (Å²) in [6.07, 6.45) is 0. The van der Waals surface area contributed by atoms with E-state index in [9.17, 15) is 9.59 Å². The monoisotopic (exact) mass is 271 g/mol. The molecule has 0 saturated carbocycles. The van der Waals surface area contributed by atoms with Crippen LogP contribution >= 0.6 is 0 Å². The van der Waals surface area contributed by atoms with Crippen molar-refractivity contribution < 1.29 is 4.79 Å². The number of nitrogens with zero attached hydrogens (tertiary/aromatic N) is 1. The summed E-state index contributed by atoms with van der Waals surface area (Å²) in [6, 6.07) is 7.14. The molecule has 1 amide bonds. The van der Waals surface area contributed by atoms with Gasteiger partial charge in [-0.05, 0) is 31.0 Å². The van der Waals surface area contributed by atoms with E-state index < -0.39 is 11.5 Å². The lowest BCUT2D eigenvalue weighted by atomic mass is 9.99. The molecule has 2 rings (SSSR count). The lowest BCUT2D eigenvalue weighted by molar-refractivity contribution is 0.0999. The molecule has 0 aliphatic carbocycles. The summed E-state index contributed by atoms with van der Waals surface area (Å²) in [5, 5.41) is 0. The molecular weight excluding hydrogens is 254 g/mol. The number of rotatable bonds is 3. The number of amides is 1. The zero-order valence-electron chi connectivity index (χ0n) is 11.7. The highest BCUT2D eigenvalue weighted by Gasteiger charge is 2.16. The first-order valence-electron chi connectivity index (χ1n) is 6.41. The van der Waals surface area contributed by atoms with Crippen molar-refractivity contribution in [3.05, 3.63) is 51.6 Å². The molecule has 0 radical (unpaired) electrons. The molecule has 0 saturated heterocycles. The van der Waals surface area contributed by atoms with Gasteiger partial charge >= 0.3 is 0 Å². The first-order valence-corrected chi connectivity index (χ1v) is 6.41. The van der Waals surface area contributed by atoms with Crippen LogP contribution in [0, 0.1) is 6.92 Å². The lowest BCUT2D eigenvalue weighted by Crippen LogP contribution is -2.25. The highest BCUT2D eigenvalue weighted by molar-refractivity contribution is 5.93. The predicted molar refractivity (Wildman–Crippen MR) is 77.6 cm³/mol. The van der Waals surface area contributed by atoms with E-state index >= 15 is 0 Å². The Hall–Kier alpha value is -2.43. The van der Waals surface area contributed by atoms with Crippen LogP contribution in [0.3, 0.4) is 0 Å². The van der Waals surface area contributed by atoms with Gasteiger partial charge in [-0.2, -0.15) is 0 Å². The number of aryl methyl sites for hydroxylation is 1. The van der Waals surface area contributed by atoms with Gasteiger partial charge in [-0.25, -0.2) is 0 Å². The maximum Gasteiger partial charge on any atom is 0.261 e. The van der Waals surface area contributed by atoms with Crippen LogP contribution in [0.1, 0.15) is 41.5 Å². The van der Waals surface area contributed by atoms with E-state index in [4.69, 9.17) is 5.73 Å². The normalized spacial score (nSPS) is 10.8. The van der Waals surface area contributed by atoms with Gasteiger partial charge in [0.05, 0.1) is 5.69 Å². The van der Waals surface area contributed by atoms with E-state index in [-0.39, 0.29) is 11.5 Å². The lowest BCUT2D eigenvalue weighted by Gasteiger charge is -2.13. The quantitative estimate of drug-likeness (QED) is 0.894. The molecule has 104 valence electrons. The van der Waals surface area contributed by atoms with Crippen LogP contribution < -0.4 is 11.3 Å². The Kier molecular flexibility index (Phi) is 3.70. The van der Waals surface area contributed by atoms with Crippen LogP contribution in [0.15, 0.2) is 29.1 Å². The SMILES string of the molecule is Cc1cccc(-c2cc(C(N)=O)c(=O)[nH]c2C(C)C)n1. The van der Waals surface area contributed by atoms with Crippen molar-refractivity contribution >= 4 is 5.91 Å². The number of carbonyl (C=O) groups excluding carboxylic acids is 1. The van der Waals surface area contributed by atoms with Gasteiger partial charge in [0.15, 0.2) is 0 Å². The van der Waals surface area contributed by atoms with Crippen molar-refractivity contribution in [2.75, 3.05) is 0 Å². The summed E-state index contributed by atoms with van der Waals surface area (Å²) in [5.74, 6) is -0.641. The van der Waals surface area contributed by atoms with Gasteiger partial charge in [-0.15, -0.1) is 0 Å². The molecule has 2 aromatic heterocycles. The maximum absolute atomic E-state index is 11.9. The summed E-state index contributed by atoms with van der Waals surface area (Å²) < 4.78 is 0. The van der Waals surface area contributed by atoms with Crippen molar-refractivity contribution in [2.45, 2.75) is 26.7 Å². The third-order valence-electron chi connectivity index (χ3n) is 3.08. The fourth-order valence-electron chi connectivity index (χ4n) is 2.09. The Bertz CT molecular complexity index is 717. The molecule has 0 fully saturated rings. The molecular formula is C15H17N3O2. The van der Waals surface area contributed by atoms with Gasteiger partial charge in [0.1, 0.15) is 5.56 Å². The van der Waals surface area contributed by atoms with Crippen molar-refractivity contribution in [2.24, 2.45) is 5.73 Å². The Morgan fingerprint density at radius 2 is 2.05 bits per heavy atom. The highest BCUT2D eigenvalue weighted by Crippen LogP contribution is 2.26. The largest absolute Gasteiger partial charge is 0.365 e. The Morgan fingerprint density at radius 1 is 1.35 bits per heavy atom. The molecule has 5 nitrogen and oxygen atoms in total. The Balaban J connectivity index is 2.75. The first kappa shape index (κ1) is 14.0. The molecule has 5 heteroatoms. The van der Waals surface area contributed by atoms with Crippen molar-refractivity contribution in [3.63, 3.8) is 0 Å². The average molecular weight is 271 g/mol. The second-order valence-corrected chi connectivity index (χ2v) is 5.02. The minimum Gasteiger partial charge on any atom is -0.365 e. The van der Waals surface area contributed by atoms with Crippen LogP contribution in [0.5, 0.6) is 0 Å². The van der Waals surface area contributed by atoms with Gasteiger partial charge in [0, 0.05) is 17.0 Å². The van der Waals surface area contributed by atoms with E-state index in [0.29, 0.717) is 5.69 Å². The number of nitrogens with one attached hydrogen (secondary N) is 1. The third kappa shape index (κ3) is 2.61. The number of aromatic amines is 1. The minimum absolute atomic E-state index is 0.0484. The third-order valence-corrected chi connectivity index (χ3v) is 3.08. The van der Waals surface area contributed by atoms with Crippen molar-refractivity contribution in [3.8, 4) is 11.3 Å². The number of hydrogen-bond donors (Lipinski definition) is 2. The van der Waals surface area contributed by atoms with Crippen molar-refractivity contribution in [1.29, 1.82) is 0 Å². The zero-order chi connectivity index (χ0) is 14.9. The van der Waals surface area contributed by atoms with E-state index in [1.54, 1.807) is 0 Å². The fourth-order valence-corrected chi connectivity index (χ4v) is 2.09. The Morgan fingerprint density at radius 3 is 2.60 bits per heavy atom. The zero-order valence-corrected chi connectivity index (χ0v) is 11.7. The fraction of sp³-hybridized carbons (Fsp3) is 0.267. The van der Waals surface area contributed by atoms with Crippen LogP contribution in [-0.4, -0.2) is 15.9 Å². The molecule has 0 aromatic carbocycles. The van der Waals surface area contributed by atoms with Crippen LogP contribution in [0.2, 0.25) is 0 Å². The number of aromatic nitrogens is 2. The van der Waals surface area contributed by atoms with Crippen LogP contribution in [-0.2, 0) is 0 Å². The van der Waals surface area contributed by atoms with E-state index in [1.165, 1.54) is 6.07 Å². The highest BCUT2D eigenvalue weighted by atomic mass is 16.2. The van der Waals surface area contributed by atoms with Gasteiger partial charge in [0.25, 0.3) is 11.5 Å². The molecule has 0 aliphatic rings. The molecule has 2 heterocycles. The van der Waals surface area contributed by atoms with Gasteiger partial charge in [0.2, 0.25) is 0 Å². The number of pyridine rings is 2. The maximum atomic E-state index is 11.9. The van der Waals surface area contributed by atoms with Gasteiger partial charge < -0.3 is 10.7 Å². The second kappa shape index (κ2) is 5.28. The summed E-state index contributed by atoms with van der Waals surface area (Å²) in [7, 11) is 0. The summed E-state index contributed by atoms with van der Waals surface area (Å²) in [5.41, 5.74) is 7.79. The molecule has 0 atom stereocenters. The molecule has 2 aromatic rings. The molecule has 0 bridgehead atoms. The summed E-state index contributed by atoms with van der Waals surface area (Å²) >= 11 is 0. The Labute approximate surface area is 116 Å². The topological polar surface area (TPSA) is 88.8 Å². The van der Waals surface area contributed by atoms with E-state index in [2.05, 4.69) is 9.97 Å². The van der Waals surface area contributed by atoms with E-state index in [0.717, 1.165) is 17.0 Å². The standard InChI is InChI=1S/C15H17N3O2/c1-8(2)13-10(12-6-4-5-9(3)17-12)7-11(14(16)19)15(20)18-13/h4-8H,1-3H3,(H2,16,19)(H,18,20). The van der Waals surface area contributed by atoms with E-state index in [1.807, 2.05) is 39.0 Å². The summed E-state index contributed by atoms with van der Waals surface area (Å²) in [4.78, 5) is 30.4. The number of hydrogen-bond acceptors (Lipinski definition) is 3.